The quantitative estimate of drug-likeness (QED) is 0.680. The molecule has 1 aliphatic rings. The molecule has 2 N–H and O–H groups in total. The van der Waals surface area contributed by atoms with Crippen LogP contribution < -0.4 is 5.73 Å². The van der Waals surface area contributed by atoms with Crippen molar-refractivity contribution in [3.8, 4) is 0 Å². The third kappa shape index (κ3) is 1.91. The Bertz CT molecular complexity index is 303. The van der Waals surface area contributed by atoms with Crippen LogP contribution in [0.3, 0.4) is 0 Å². The monoisotopic (exact) mass is 196 g/mol. The van der Waals surface area contributed by atoms with Gasteiger partial charge in [-0.3, -0.25) is 4.90 Å². The Hall–Kier alpha value is -1.01. The summed E-state index contributed by atoms with van der Waals surface area (Å²) in [5.74, 6) is 0.774. The van der Waals surface area contributed by atoms with Crippen molar-refractivity contribution in [1.29, 1.82) is 0 Å². The van der Waals surface area contributed by atoms with Crippen molar-refractivity contribution < 1.29 is 0 Å². The van der Waals surface area contributed by atoms with Crippen molar-refractivity contribution in [3.05, 3.63) is 5.82 Å². The number of tetrazole rings is 1. The maximum Gasteiger partial charge on any atom is 0.188 e. The normalized spacial score (nSPS) is 26.6. The molecule has 6 nitrogen and oxygen atoms in total. The van der Waals surface area contributed by atoms with E-state index in [-0.39, 0.29) is 0 Å². The zero-order valence-corrected chi connectivity index (χ0v) is 8.59. The molecule has 1 aliphatic carbocycles. The molecule has 6 heteroatoms. The minimum absolute atomic E-state index is 0.386. The number of hydrogen-bond donors (Lipinski definition) is 1. The summed E-state index contributed by atoms with van der Waals surface area (Å²) in [7, 11) is 3.85. The average Bonchev–Trinajstić information content (AvgIpc) is 2.45. The van der Waals surface area contributed by atoms with Crippen LogP contribution in [0.2, 0.25) is 0 Å². The highest BCUT2D eigenvalue weighted by Gasteiger charge is 2.29. The van der Waals surface area contributed by atoms with Crippen LogP contribution in [-0.2, 0) is 13.6 Å². The van der Waals surface area contributed by atoms with Gasteiger partial charge in [0.2, 0.25) is 0 Å². The van der Waals surface area contributed by atoms with E-state index in [0.29, 0.717) is 12.1 Å². The Morgan fingerprint density at radius 1 is 1.57 bits per heavy atom. The number of aromatic nitrogens is 4. The van der Waals surface area contributed by atoms with E-state index in [9.17, 15) is 0 Å². The molecule has 2 rings (SSSR count). The van der Waals surface area contributed by atoms with Crippen LogP contribution in [0.25, 0.3) is 0 Å². The van der Waals surface area contributed by atoms with Gasteiger partial charge in [0.1, 0.15) is 0 Å². The van der Waals surface area contributed by atoms with Gasteiger partial charge < -0.3 is 5.73 Å². The number of rotatable bonds is 3. The van der Waals surface area contributed by atoms with Crippen LogP contribution in [0.4, 0.5) is 0 Å². The smallest absolute Gasteiger partial charge is 0.188 e. The lowest BCUT2D eigenvalue weighted by molar-refractivity contribution is 0.129. The molecule has 0 atom stereocenters. The lowest BCUT2D eigenvalue weighted by Crippen LogP contribution is -2.48. The van der Waals surface area contributed by atoms with Crippen LogP contribution in [0.15, 0.2) is 0 Å². The SMILES string of the molecule is CN(Cc1nnn(C)n1)C1CC(N)C1. The van der Waals surface area contributed by atoms with Gasteiger partial charge in [-0.15, -0.1) is 10.2 Å². The molecule has 1 fully saturated rings. The first-order valence-electron chi connectivity index (χ1n) is 4.84. The molecule has 1 saturated carbocycles. The molecule has 0 unspecified atom stereocenters. The predicted octanol–water partition coefficient (Wildman–Crippen LogP) is -0.868. The second-order valence-corrected chi connectivity index (χ2v) is 4.00. The van der Waals surface area contributed by atoms with E-state index in [1.54, 1.807) is 7.05 Å². The van der Waals surface area contributed by atoms with E-state index < -0.39 is 0 Å². The first kappa shape index (κ1) is 9.54. The van der Waals surface area contributed by atoms with Crippen LogP contribution >= 0.6 is 0 Å². The summed E-state index contributed by atoms with van der Waals surface area (Å²) < 4.78 is 0. The lowest BCUT2D eigenvalue weighted by Gasteiger charge is -2.38. The number of aryl methyl sites for hydroxylation is 1. The van der Waals surface area contributed by atoms with Gasteiger partial charge in [-0.2, -0.15) is 4.80 Å². The fourth-order valence-corrected chi connectivity index (χ4v) is 1.73. The van der Waals surface area contributed by atoms with E-state index in [1.165, 1.54) is 4.80 Å². The Balaban J connectivity index is 1.85. The first-order valence-corrected chi connectivity index (χ1v) is 4.84. The van der Waals surface area contributed by atoms with Crippen molar-refractivity contribution in [1.82, 2.24) is 25.1 Å². The summed E-state index contributed by atoms with van der Waals surface area (Å²) in [4.78, 5) is 3.72. The Morgan fingerprint density at radius 2 is 2.29 bits per heavy atom. The molecule has 1 heterocycles. The van der Waals surface area contributed by atoms with E-state index in [4.69, 9.17) is 5.73 Å². The molecular weight excluding hydrogens is 180 g/mol. The van der Waals surface area contributed by atoms with Gasteiger partial charge in [-0.05, 0) is 25.1 Å². The van der Waals surface area contributed by atoms with Crippen LogP contribution in [0, 0.1) is 0 Å². The van der Waals surface area contributed by atoms with Crippen LogP contribution in [-0.4, -0.2) is 44.2 Å². The molecular formula is C8H16N6. The van der Waals surface area contributed by atoms with E-state index in [2.05, 4.69) is 27.4 Å². The Morgan fingerprint density at radius 3 is 2.79 bits per heavy atom. The van der Waals surface area contributed by atoms with Gasteiger partial charge in [0.15, 0.2) is 5.82 Å². The standard InChI is InChI=1S/C8H16N6/c1-13(7-3-6(9)4-7)5-8-10-12-14(2)11-8/h6-7H,3-5,9H2,1-2H3. The van der Waals surface area contributed by atoms with E-state index >= 15 is 0 Å². The molecule has 1 aromatic rings. The molecule has 14 heavy (non-hydrogen) atoms. The zero-order valence-electron chi connectivity index (χ0n) is 8.59. The average molecular weight is 196 g/mol. The summed E-state index contributed by atoms with van der Waals surface area (Å²) in [5, 5.41) is 11.9. The van der Waals surface area contributed by atoms with Crippen LogP contribution in [0.5, 0.6) is 0 Å². The first-order chi connectivity index (χ1) is 6.65. The molecule has 1 aromatic heterocycles. The topological polar surface area (TPSA) is 72.9 Å². The van der Waals surface area contributed by atoms with Crippen LogP contribution in [0.1, 0.15) is 18.7 Å². The van der Waals surface area contributed by atoms with Gasteiger partial charge in [0.05, 0.1) is 13.6 Å². The highest BCUT2D eigenvalue weighted by atomic mass is 15.6. The predicted molar refractivity (Wildman–Crippen MR) is 51.3 cm³/mol. The highest BCUT2D eigenvalue weighted by molar-refractivity contribution is 4.90. The number of nitrogens with zero attached hydrogens (tertiary/aromatic N) is 5. The fourth-order valence-electron chi connectivity index (χ4n) is 1.73. The van der Waals surface area contributed by atoms with Gasteiger partial charge in [-0.1, -0.05) is 0 Å². The van der Waals surface area contributed by atoms with Crippen molar-refractivity contribution in [3.63, 3.8) is 0 Å². The van der Waals surface area contributed by atoms with Crippen molar-refractivity contribution in [2.75, 3.05) is 7.05 Å². The summed E-state index contributed by atoms with van der Waals surface area (Å²) in [6.07, 6.45) is 2.16. The maximum atomic E-state index is 5.73. The van der Waals surface area contributed by atoms with Gasteiger partial charge in [-0.25, -0.2) is 0 Å². The minimum Gasteiger partial charge on any atom is -0.328 e. The summed E-state index contributed by atoms with van der Waals surface area (Å²) >= 11 is 0. The maximum absolute atomic E-state index is 5.73. The highest BCUT2D eigenvalue weighted by Crippen LogP contribution is 2.23. The second-order valence-electron chi connectivity index (χ2n) is 4.00. The second kappa shape index (κ2) is 3.62. The molecule has 0 spiro atoms. The summed E-state index contributed by atoms with van der Waals surface area (Å²) in [5.41, 5.74) is 5.73. The Labute approximate surface area is 83.1 Å². The fraction of sp³-hybridized carbons (Fsp3) is 0.875. The van der Waals surface area contributed by atoms with Crippen molar-refractivity contribution in [2.45, 2.75) is 31.5 Å². The van der Waals surface area contributed by atoms with E-state index in [0.717, 1.165) is 25.2 Å². The van der Waals surface area contributed by atoms with Crippen molar-refractivity contribution in [2.24, 2.45) is 12.8 Å². The van der Waals surface area contributed by atoms with Gasteiger partial charge in [0.25, 0.3) is 0 Å². The Kier molecular flexibility index (Phi) is 2.47. The minimum atomic E-state index is 0.386. The number of nitrogens with two attached hydrogens (primary N) is 1. The molecule has 0 aromatic carbocycles. The molecule has 0 saturated heterocycles. The van der Waals surface area contributed by atoms with Gasteiger partial charge >= 0.3 is 0 Å². The largest absolute Gasteiger partial charge is 0.328 e. The molecule has 78 valence electrons. The molecule has 0 bridgehead atoms. The third-order valence-corrected chi connectivity index (χ3v) is 2.71. The molecule has 0 amide bonds. The zero-order chi connectivity index (χ0) is 10.1. The van der Waals surface area contributed by atoms with Gasteiger partial charge in [0, 0.05) is 12.1 Å². The summed E-state index contributed by atoms with van der Waals surface area (Å²) in [6, 6.07) is 0.978. The van der Waals surface area contributed by atoms with E-state index in [1.807, 2.05) is 0 Å². The van der Waals surface area contributed by atoms with Crippen molar-refractivity contribution >= 4 is 0 Å². The summed E-state index contributed by atoms with van der Waals surface area (Å²) in [6.45, 7) is 0.755. The number of hydrogen-bond acceptors (Lipinski definition) is 5. The molecule has 0 radical (unpaired) electrons. The third-order valence-electron chi connectivity index (χ3n) is 2.71. The lowest BCUT2D eigenvalue weighted by atomic mass is 9.86. The molecule has 0 aliphatic heterocycles.